The van der Waals surface area contributed by atoms with Crippen LogP contribution in [0.4, 0.5) is 4.39 Å². The molecule has 0 spiro atoms. The van der Waals surface area contributed by atoms with Crippen molar-refractivity contribution >= 4 is 11.8 Å². The number of hydrogen-bond donors (Lipinski definition) is 1. The lowest BCUT2D eigenvalue weighted by Gasteiger charge is -2.23. The summed E-state index contributed by atoms with van der Waals surface area (Å²) in [7, 11) is 0. The van der Waals surface area contributed by atoms with E-state index in [9.17, 15) is 4.39 Å². The van der Waals surface area contributed by atoms with Crippen LogP contribution in [0.1, 0.15) is 46.5 Å². The first kappa shape index (κ1) is 17.5. The molecule has 1 unspecified atom stereocenters. The Morgan fingerprint density at radius 3 is 2.45 bits per heavy atom. The molecule has 1 N–H and O–H groups in total. The molecular formula is C17H28FNS. The van der Waals surface area contributed by atoms with Gasteiger partial charge in [0.2, 0.25) is 0 Å². The lowest BCUT2D eigenvalue weighted by Crippen LogP contribution is -2.34. The number of rotatable bonds is 10. The van der Waals surface area contributed by atoms with Crippen LogP contribution in [-0.4, -0.2) is 18.3 Å². The van der Waals surface area contributed by atoms with Crippen LogP contribution >= 0.6 is 11.8 Å². The normalized spacial score (nSPS) is 12.8. The van der Waals surface area contributed by atoms with E-state index in [-0.39, 0.29) is 5.82 Å². The van der Waals surface area contributed by atoms with Gasteiger partial charge in [-0.25, -0.2) is 4.39 Å². The molecular weight excluding hydrogens is 269 g/mol. The van der Waals surface area contributed by atoms with Crippen LogP contribution < -0.4 is 5.32 Å². The number of halogens is 1. The van der Waals surface area contributed by atoms with Crippen molar-refractivity contribution in [3.8, 4) is 0 Å². The Morgan fingerprint density at radius 1 is 1.15 bits per heavy atom. The molecule has 0 radical (unpaired) electrons. The van der Waals surface area contributed by atoms with Crippen molar-refractivity contribution < 1.29 is 4.39 Å². The fourth-order valence-corrected chi connectivity index (χ4v) is 3.35. The van der Waals surface area contributed by atoms with Crippen LogP contribution in [0.2, 0.25) is 0 Å². The summed E-state index contributed by atoms with van der Waals surface area (Å²) in [6.07, 6.45) is 4.79. The van der Waals surface area contributed by atoms with Crippen molar-refractivity contribution in [2.45, 2.75) is 57.4 Å². The smallest absolute Gasteiger partial charge is 0.136 e. The minimum Gasteiger partial charge on any atom is -0.313 e. The van der Waals surface area contributed by atoms with E-state index >= 15 is 0 Å². The molecule has 20 heavy (non-hydrogen) atoms. The molecule has 0 heterocycles. The second kappa shape index (κ2) is 10.2. The van der Waals surface area contributed by atoms with E-state index in [2.05, 4.69) is 26.1 Å². The van der Waals surface area contributed by atoms with Crippen LogP contribution in [0.5, 0.6) is 0 Å². The molecule has 0 amide bonds. The van der Waals surface area contributed by atoms with Crippen molar-refractivity contribution in [1.82, 2.24) is 5.32 Å². The topological polar surface area (TPSA) is 12.0 Å². The van der Waals surface area contributed by atoms with Gasteiger partial charge in [-0.05, 0) is 37.4 Å². The van der Waals surface area contributed by atoms with Crippen LogP contribution in [0.25, 0.3) is 0 Å². The standard InChI is InChI=1S/C17H28FNS/c1-4-11-19-15(12-14(5-2)6-3)13-20-17-10-8-7-9-16(17)18/h7-10,14-15,19H,4-6,11-13H2,1-3H3. The molecule has 0 aromatic heterocycles. The summed E-state index contributed by atoms with van der Waals surface area (Å²) in [4.78, 5) is 0.764. The highest BCUT2D eigenvalue weighted by atomic mass is 32.2. The fourth-order valence-electron chi connectivity index (χ4n) is 2.34. The molecule has 0 aliphatic heterocycles. The van der Waals surface area contributed by atoms with Gasteiger partial charge in [0.05, 0.1) is 0 Å². The summed E-state index contributed by atoms with van der Waals surface area (Å²) < 4.78 is 13.6. The Kier molecular flexibility index (Phi) is 8.95. The predicted octanol–water partition coefficient (Wildman–Crippen LogP) is 5.11. The number of benzene rings is 1. The molecule has 1 aromatic carbocycles. The molecule has 1 rings (SSSR count). The van der Waals surface area contributed by atoms with E-state index in [4.69, 9.17) is 0 Å². The Hall–Kier alpha value is -0.540. The first-order chi connectivity index (χ1) is 9.71. The summed E-state index contributed by atoms with van der Waals surface area (Å²) in [5, 5.41) is 3.61. The maximum absolute atomic E-state index is 13.6. The van der Waals surface area contributed by atoms with E-state index in [1.807, 2.05) is 12.1 Å². The molecule has 114 valence electrons. The van der Waals surface area contributed by atoms with Gasteiger partial charge in [-0.1, -0.05) is 45.7 Å². The van der Waals surface area contributed by atoms with Gasteiger partial charge in [-0.3, -0.25) is 0 Å². The third-order valence-electron chi connectivity index (χ3n) is 3.73. The van der Waals surface area contributed by atoms with E-state index in [0.29, 0.717) is 6.04 Å². The maximum Gasteiger partial charge on any atom is 0.136 e. The molecule has 1 atom stereocenters. The lowest BCUT2D eigenvalue weighted by atomic mass is 9.95. The summed E-state index contributed by atoms with van der Waals surface area (Å²) in [5.41, 5.74) is 0. The molecule has 0 saturated carbocycles. The first-order valence-corrected chi connectivity index (χ1v) is 8.80. The minimum atomic E-state index is -0.103. The average molecular weight is 297 g/mol. The largest absolute Gasteiger partial charge is 0.313 e. The number of nitrogens with one attached hydrogen (secondary N) is 1. The van der Waals surface area contributed by atoms with Crippen LogP contribution in [0.3, 0.4) is 0 Å². The highest BCUT2D eigenvalue weighted by molar-refractivity contribution is 7.99. The van der Waals surface area contributed by atoms with Crippen molar-refractivity contribution in [2.24, 2.45) is 5.92 Å². The second-order valence-corrected chi connectivity index (χ2v) is 6.37. The minimum absolute atomic E-state index is 0.103. The number of hydrogen-bond acceptors (Lipinski definition) is 2. The van der Waals surface area contributed by atoms with Gasteiger partial charge in [0, 0.05) is 16.7 Å². The van der Waals surface area contributed by atoms with E-state index in [1.165, 1.54) is 25.3 Å². The lowest BCUT2D eigenvalue weighted by molar-refractivity contribution is 0.384. The highest BCUT2D eigenvalue weighted by Gasteiger charge is 2.14. The zero-order valence-corrected chi connectivity index (χ0v) is 13.8. The SMILES string of the molecule is CCCNC(CSc1ccccc1F)CC(CC)CC. The summed E-state index contributed by atoms with van der Waals surface area (Å²) in [6, 6.07) is 7.53. The summed E-state index contributed by atoms with van der Waals surface area (Å²) in [6.45, 7) is 7.75. The Balaban J connectivity index is 2.53. The molecule has 1 nitrogen and oxygen atoms in total. The van der Waals surface area contributed by atoms with Gasteiger partial charge in [0.1, 0.15) is 5.82 Å². The van der Waals surface area contributed by atoms with Gasteiger partial charge in [0.15, 0.2) is 0 Å². The number of thioether (sulfide) groups is 1. The summed E-state index contributed by atoms with van der Waals surface area (Å²) in [5.74, 6) is 1.61. The van der Waals surface area contributed by atoms with E-state index in [1.54, 1.807) is 17.8 Å². The van der Waals surface area contributed by atoms with Crippen LogP contribution in [-0.2, 0) is 0 Å². The van der Waals surface area contributed by atoms with E-state index < -0.39 is 0 Å². The fraction of sp³-hybridized carbons (Fsp3) is 0.647. The molecule has 0 aliphatic carbocycles. The van der Waals surface area contributed by atoms with Gasteiger partial charge in [-0.2, -0.15) is 0 Å². The Morgan fingerprint density at radius 2 is 1.85 bits per heavy atom. The zero-order chi connectivity index (χ0) is 14.8. The highest BCUT2D eigenvalue weighted by Crippen LogP contribution is 2.24. The molecule has 0 saturated heterocycles. The molecule has 3 heteroatoms. The summed E-state index contributed by atoms with van der Waals surface area (Å²) >= 11 is 1.63. The molecule has 1 aromatic rings. The van der Waals surface area contributed by atoms with Crippen LogP contribution in [0, 0.1) is 11.7 Å². The Bertz CT molecular complexity index is 366. The third-order valence-corrected chi connectivity index (χ3v) is 4.94. The van der Waals surface area contributed by atoms with Crippen LogP contribution in [0.15, 0.2) is 29.2 Å². The van der Waals surface area contributed by atoms with E-state index in [0.717, 1.165) is 29.5 Å². The van der Waals surface area contributed by atoms with Crippen molar-refractivity contribution in [3.05, 3.63) is 30.1 Å². The first-order valence-electron chi connectivity index (χ1n) is 7.81. The van der Waals surface area contributed by atoms with Crippen molar-refractivity contribution in [3.63, 3.8) is 0 Å². The van der Waals surface area contributed by atoms with Gasteiger partial charge in [0.25, 0.3) is 0 Å². The average Bonchev–Trinajstić information content (AvgIpc) is 2.48. The van der Waals surface area contributed by atoms with Gasteiger partial charge in [-0.15, -0.1) is 11.8 Å². The van der Waals surface area contributed by atoms with Gasteiger partial charge >= 0.3 is 0 Å². The Labute approximate surface area is 127 Å². The quantitative estimate of drug-likeness (QED) is 0.602. The predicted molar refractivity (Wildman–Crippen MR) is 87.9 cm³/mol. The molecule has 0 aliphatic rings. The second-order valence-electron chi connectivity index (χ2n) is 5.31. The van der Waals surface area contributed by atoms with Crippen molar-refractivity contribution in [2.75, 3.05) is 12.3 Å². The third kappa shape index (κ3) is 6.27. The molecule has 0 fully saturated rings. The van der Waals surface area contributed by atoms with Gasteiger partial charge < -0.3 is 5.32 Å². The zero-order valence-electron chi connectivity index (χ0n) is 13.0. The maximum atomic E-state index is 13.6. The monoisotopic (exact) mass is 297 g/mol. The molecule has 0 bridgehead atoms. The van der Waals surface area contributed by atoms with Crippen molar-refractivity contribution in [1.29, 1.82) is 0 Å².